The molecule has 0 heterocycles. The average Bonchev–Trinajstić information content (AvgIpc) is 2.57. The van der Waals surface area contributed by atoms with Gasteiger partial charge in [-0.2, -0.15) is 0 Å². The Morgan fingerprint density at radius 3 is 3.08 bits per heavy atom. The van der Waals surface area contributed by atoms with Crippen LogP contribution in [-0.2, 0) is 6.42 Å². The van der Waals surface area contributed by atoms with Crippen molar-refractivity contribution in [3.63, 3.8) is 0 Å². The maximum Gasteiger partial charge on any atom is 0.0178 e. The molecule has 0 radical (unpaired) electrons. The van der Waals surface area contributed by atoms with Crippen LogP contribution in [0.15, 0.2) is 22.7 Å². The zero-order chi connectivity index (χ0) is 8.29. The molecule has 62 valence electrons. The molecule has 1 fully saturated rings. The van der Waals surface area contributed by atoms with E-state index in [2.05, 4.69) is 41.1 Å². The highest BCUT2D eigenvalue weighted by Crippen LogP contribution is 2.61. The Morgan fingerprint density at radius 2 is 2.25 bits per heavy atom. The normalized spacial score (nSPS) is 36.0. The Labute approximate surface area is 81.1 Å². The van der Waals surface area contributed by atoms with Crippen molar-refractivity contribution < 1.29 is 0 Å². The van der Waals surface area contributed by atoms with Crippen molar-refractivity contribution in [3.8, 4) is 0 Å². The average molecular weight is 223 g/mol. The van der Waals surface area contributed by atoms with Gasteiger partial charge < -0.3 is 0 Å². The van der Waals surface area contributed by atoms with Crippen LogP contribution in [0, 0.1) is 11.8 Å². The molecule has 0 spiro atoms. The summed E-state index contributed by atoms with van der Waals surface area (Å²) in [6, 6.07) is 6.76. The van der Waals surface area contributed by atoms with E-state index in [-0.39, 0.29) is 0 Å². The zero-order valence-corrected chi connectivity index (χ0v) is 8.64. The summed E-state index contributed by atoms with van der Waals surface area (Å²) in [6.07, 6.45) is 1.32. The minimum absolute atomic E-state index is 0.910. The standard InChI is InChI=1S/C11H11Br/c1-6-10-5-7-4-8(12)2-3-9(7)11(6)10/h2-4,6,10-11H,5H2,1H3/t6-,10+,11+/m1/s1. The first-order valence-electron chi connectivity index (χ1n) is 4.55. The van der Waals surface area contributed by atoms with Crippen molar-refractivity contribution in [1.82, 2.24) is 0 Å². The summed E-state index contributed by atoms with van der Waals surface area (Å²) in [6.45, 7) is 2.38. The van der Waals surface area contributed by atoms with Gasteiger partial charge in [-0.25, -0.2) is 0 Å². The molecule has 3 rings (SSSR count). The molecule has 0 amide bonds. The molecule has 1 saturated carbocycles. The number of halogens is 1. The second kappa shape index (κ2) is 2.14. The minimum Gasteiger partial charge on any atom is -0.0616 e. The largest absolute Gasteiger partial charge is 0.0616 e. The molecule has 12 heavy (non-hydrogen) atoms. The summed E-state index contributed by atoms with van der Waals surface area (Å²) >= 11 is 3.51. The van der Waals surface area contributed by atoms with E-state index in [0.29, 0.717) is 0 Å². The van der Waals surface area contributed by atoms with Crippen molar-refractivity contribution in [2.75, 3.05) is 0 Å². The molecule has 1 aromatic rings. The van der Waals surface area contributed by atoms with E-state index in [0.717, 1.165) is 17.8 Å². The second-order valence-corrected chi connectivity index (χ2v) is 5.01. The minimum atomic E-state index is 0.910. The summed E-state index contributed by atoms with van der Waals surface area (Å²) in [7, 11) is 0. The van der Waals surface area contributed by atoms with E-state index in [1.165, 1.54) is 10.9 Å². The third-order valence-electron chi connectivity index (χ3n) is 3.48. The third-order valence-corrected chi connectivity index (χ3v) is 3.98. The smallest absolute Gasteiger partial charge is 0.0178 e. The van der Waals surface area contributed by atoms with Gasteiger partial charge in [-0.3, -0.25) is 0 Å². The van der Waals surface area contributed by atoms with Gasteiger partial charge in [-0.15, -0.1) is 0 Å². The molecule has 0 aromatic heterocycles. The van der Waals surface area contributed by atoms with Gasteiger partial charge in [0, 0.05) is 4.47 Å². The summed E-state index contributed by atoms with van der Waals surface area (Å²) in [5, 5.41) is 0. The zero-order valence-electron chi connectivity index (χ0n) is 7.05. The molecular formula is C11H11Br. The molecule has 0 N–H and O–H groups in total. The van der Waals surface area contributed by atoms with E-state index < -0.39 is 0 Å². The number of rotatable bonds is 0. The third kappa shape index (κ3) is 0.779. The van der Waals surface area contributed by atoms with Gasteiger partial charge in [0.1, 0.15) is 0 Å². The van der Waals surface area contributed by atoms with Crippen molar-refractivity contribution in [2.45, 2.75) is 19.3 Å². The van der Waals surface area contributed by atoms with Gasteiger partial charge in [0.2, 0.25) is 0 Å². The molecule has 0 nitrogen and oxygen atoms in total. The van der Waals surface area contributed by atoms with Gasteiger partial charge in [0.15, 0.2) is 0 Å². The highest BCUT2D eigenvalue weighted by molar-refractivity contribution is 9.10. The van der Waals surface area contributed by atoms with Crippen molar-refractivity contribution >= 4 is 15.9 Å². The topological polar surface area (TPSA) is 0 Å². The summed E-state index contributed by atoms with van der Waals surface area (Å²) in [5.74, 6) is 2.85. The van der Waals surface area contributed by atoms with Crippen LogP contribution in [0.5, 0.6) is 0 Å². The molecule has 0 aliphatic heterocycles. The van der Waals surface area contributed by atoms with Crippen molar-refractivity contribution in [2.24, 2.45) is 11.8 Å². The number of fused-ring (bicyclic) bond motifs is 3. The quantitative estimate of drug-likeness (QED) is 0.632. The summed E-state index contributed by atoms with van der Waals surface area (Å²) in [5.41, 5.74) is 3.20. The number of benzene rings is 1. The lowest BCUT2D eigenvalue weighted by atomic mass is 10.0. The first kappa shape index (κ1) is 7.14. The molecule has 2 aliphatic carbocycles. The van der Waals surface area contributed by atoms with Gasteiger partial charge in [-0.05, 0) is 47.4 Å². The van der Waals surface area contributed by atoms with Crippen LogP contribution in [0.4, 0.5) is 0 Å². The SMILES string of the molecule is C[C@@H]1[C@@H]2Cc3cc(Br)ccc3[C@H]12. The van der Waals surface area contributed by atoms with Gasteiger partial charge in [0.05, 0.1) is 0 Å². The van der Waals surface area contributed by atoms with Crippen molar-refractivity contribution in [1.29, 1.82) is 0 Å². The molecule has 0 bridgehead atoms. The Morgan fingerprint density at radius 1 is 1.42 bits per heavy atom. The van der Waals surface area contributed by atoms with Crippen LogP contribution in [0.1, 0.15) is 24.0 Å². The molecule has 0 saturated heterocycles. The lowest BCUT2D eigenvalue weighted by Gasteiger charge is -2.04. The van der Waals surface area contributed by atoms with Gasteiger partial charge in [-0.1, -0.05) is 28.9 Å². The fraction of sp³-hybridized carbons (Fsp3) is 0.455. The molecule has 0 unspecified atom stereocenters. The Bertz CT molecular complexity index is 343. The van der Waals surface area contributed by atoms with E-state index in [4.69, 9.17) is 0 Å². The molecule has 3 atom stereocenters. The van der Waals surface area contributed by atoms with Crippen LogP contribution in [0.3, 0.4) is 0 Å². The van der Waals surface area contributed by atoms with Crippen LogP contribution >= 0.6 is 15.9 Å². The first-order valence-corrected chi connectivity index (χ1v) is 5.35. The highest BCUT2D eigenvalue weighted by Gasteiger charge is 2.52. The summed E-state index contributed by atoms with van der Waals surface area (Å²) < 4.78 is 1.23. The number of hydrogen-bond donors (Lipinski definition) is 0. The van der Waals surface area contributed by atoms with Crippen LogP contribution in [0.2, 0.25) is 0 Å². The maximum absolute atomic E-state index is 3.51. The fourth-order valence-electron chi connectivity index (χ4n) is 2.70. The Balaban J connectivity index is 2.11. The predicted octanol–water partition coefficient (Wildman–Crippen LogP) is 3.35. The lowest BCUT2D eigenvalue weighted by molar-refractivity contribution is 0.752. The first-order chi connectivity index (χ1) is 5.77. The van der Waals surface area contributed by atoms with Gasteiger partial charge in [0.25, 0.3) is 0 Å². The molecular weight excluding hydrogens is 212 g/mol. The van der Waals surface area contributed by atoms with E-state index in [9.17, 15) is 0 Å². The van der Waals surface area contributed by atoms with Crippen LogP contribution in [-0.4, -0.2) is 0 Å². The van der Waals surface area contributed by atoms with Crippen LogP contribution in [0.25, 0.3) is 0 Å². The fourth-order valence-corrected chi connectivity index (χ4v) is 3.11. The van der Waals surface area contributed by atoms with Crippen LogP contribution < -0.4 is 0 Å². The second-order valence-electron chi connectivity index (χ2n) is 4.10. The maximum atomic E-state index is 3.51. The van der Waals surface area contributed by atoms with Gasteiger partial charge >= 0.3 is 0 Å². The molecule has 1 aromatic carbocycles. The number of hydrogen-bond acceptors (Lipinski definition) is 0. The van der Waals surface area contributed by atoms with E-state index in [1.807, 2.05) is 0 Å². The highest BCUT2D eigenvalue weighted by atomic mass is 79.9. The molecule has 2 aliphatic rings. The Kier molecular flexibility index (Phi) is 1.27. The monoisotopic (exact) mass is 222 g/mol. The summed E-state index contributed by atoms with van der Waals surface area (Å²) in [4.78, 5) is 0. The Hall–Kier alpha value is -0.300. The van der Waals surface area contributed by atoms with E-state index >= 15 is 0 Å². The predicted molar refractivity (Wildman–Crippen MR) is 53.2 cm³/mol. The molecule has 1 heteroatoms. The lowest BCUT2D eigenvalue weighted by Crippen LogP contribution is -1.90. The van der Waals surface area contributed by atoms with Crippen molar-refractivity contribution in [3.05, 3.63) is 33.8 Å². The van der Waals surface area contributed by atoms with E-state index in [1.54, 1.807) is 11.1 Å².